The van der Waals surface area contributed by atoms with E-state index in [1.54, 1.807) is 20.2 Å². The molecule has 6 heteroatoms. The zero-order valence-corrected chi connectivity index (χ0v) is 10.4. The van der Waals surface area contributed by atoms with E-state index in [4.69, 9.17) is 10.00 Å². The highest BCUT2D eigenvalue weighted by Gasteiger charge is 2.10. The highest BCUT2D eigenvalue weighted by Crippen LogP contribution is 2.26. The molecule has 0 spiro atoms. The number of hydrogen-bond donors (Lipinski definition) is 1. The first-order valence-electron chi connectivity index (χ1n) is 5.53. The van der Waals surface area contributed by atoms with Crippen LogP contribution in [0, 0.1) is 24.1 Å². The van der Waals surface area contributed by atoms with Gasteiger partial charge < -0.3 is 10.1 Å². The van der Waals surface area contributed by atoms with Crippen LogP contribution in [0.4, 0.5) is 10.3 Å². The second-order valence-corrected chi connectivity index (χ2v) is 3.79. The summed E-state index contributed by atoms with van der Waals surface area (Å²) in [5.74, 6) is 0.0588. The van der Waals surface area contributed by atoms with Gasteiger partial charge in [0.2, 0.25) is 11.8 Å². The summed E-state index contributed by atoms with van der Waals surface area (Å²) in [6, 6.07) is 5.85. The monoisotopic (exact) mass is 258 g/mol. The smallest absolute Gasteiger partial charge is 0.227 e. The molecule has 5 nitrogen and oxygen atoms in total. The van der Waals surface area contributed by atoms with Crippen LogP contribution in [0.2, 0.25) is 0 Å². The van der Waals surface area contributed by atoms with Gasteiger partial charge in [-0.25, -0.2) is 9.37 Å². The molecule has 96 valence electrons. The third-order valence-electron chi connectivity index (χ3n) is 2.42. The average molecular weight is 258 g/mol. The van der Waals surface area contributed by atoms with Crippen LogP contribution in [0.3, 0.4) is 0 Å². The Balaban J connectivity index is 2.33. The predicted octanol–water partition coefficient (Wildman–Crippen LogP) is 2.63. The molecule has 0 aliphatic carbocycles. The molecule has 2 rings (SSSR count). The number of halogens is 1. The Morgan fingerprint density at radius 1 is 1.42 bits per heavy atom. The Hall–Kier alpha value is -2.68. The van der Waals surface area contributed by atoms with Gasteiger partial charge in [0.15, 0.2) is 11.6 Å². The number of nitriles is 1. The van der Waals surface area contributed by atoms with Gasteiger partial charge in [-0.3, -0.25) is 0 Å². The van der Waals surface area contributed by atoms with E-state index in [9.17, 15) is 4.39 Å². The largest absolute Gasteiger partial charge is 0.435 e. The maximum Gasteiger partial charge on any atom is 0.227 e. The van der Waals surface area contributed by atoms with Crippen molar-refractivity contribution in [2.45, 2.75) is 6.92 Å². The second-order valence-electron chi connectivity index (χ2n) is 3.79. The number of anilines is 1. The van der Waals surface area contributed by atoms with E-state index < -0.39 is 5.82 Å². The number of aromatic nitrogens is 2. The molecule has 19 heavy (non-hydrogen) atoms. The quantitative estimate of drug-likeness (QED) is 0.916. The molecule has 0 bridgehead atoms. The summed E-state index contributed by atoms with van der Waals surface area (Å²) >= 11 is 0. The van der Waals surface area contributed by atoms with Crippen LogP contribution >= 0.6 is 0 Å². The van der Waals surface area contributed by atoms with Crippen LogP contribution in [0.25, 0.3) is 0 Å². The molecule has 0 radical (unpaired) electrons. The van der Waals surface area contributed by atoms with E-state index in [2.05, 4.69) is 15.3 Å². The van der Waals surface area contributed by atoms with Crippen molar-refractivity contribution in [3.8, 4) is 17.7 Å². The van der Waals surface area contributed by atoms with Gasteiger partial charge in [0.25, 0.3) is 0 Å². The summed E-state index contributed by atoms with van der Waals surface area (Å²) in [4.78, 5) is 8.10. The van der Waals surface area contributed by atoms with Gasteiger partial charge >= 0.3 is 0 Å². The Morgan fingerprint density at radius 2 is 2.21 bits per heavy atom. The van der Waals surface area contributed by atoms with Crippen molar-refractivity contribution in [3.63, 3.8) is 0 Å². The highest BCUT2D eigenvalue weighted by atomic mass is 19.1. The average Bonchev–Trinajstić information content (AvgIpc) is 2.43. The number of nitrogens with one attached hydrogen (secondary N) is 1. The molecule has 0 saturated carbocycles. The van der Waals surface area contributed by atoms with Gasteiger partial charge in [0.1, 0.15) is 0 Å². The summed E-state index contributed by atoms with van der Waals surface area (Å²) in [5.41, 5.74) is 0.919. The molecule has 0 atom stereocenters. The minimum Gasteiger partial charge on any atom is -0.435 e. The van der Waals surface area contributed by atoms with Gasteiger partial charge in [-0.05, 0) is 25.1 Å². The lowest BCUT2D eigenvalue weighted by Gasteiger charge is -2.09. The number of aryl methyl sites for hydroxylation is 1. The van der Waals surface area contributed by atoms with Crippen molar-refractivity contribution >= 4 is 5.95 Å². The predicted molar refractivity (Wildman–Crippen MR) is 67.5 cm³/mol. The second kappa shape index (κ2) is 5.31. The molecule has 2 aromatic rings. The Kier molecular flexibility index (Phi) is 3.57. The van der Waals surface area contributed by atoms with Gasteiger partial charge in [-0.15, -0.1) is 0 Å². The zero-order valence-electron chi connectivity index (χ0n) is 10.4. The van der Waals surface area contributed by atoms with Crippen molar-refractivity contribution in [1.29, 1.82) is 5.26 Å². The number of rotatable bonds is 3. The van der Waals surface area contributed by atoms with E-state index in [-0.39, 0.29) is 17.2 Å². The van der Waals surface area contributed by atoms with Crippen LogP contribution < -0.4 is 10.1 Å². The third-order valence-corrected chi connectivity index (χ3v) is 2.42. The van der Waals surface area contributed by atoms with Gasteiger partial charge in [-0.1, -0.05) is 0 Å². The zero-order chi connectivity index (χ0) is 13.8. The van der Waals surface area contributed by atoms with Gasteiger partial charge in [0, 0.05) is 18.8 Å². The number of hydrogen-bond acceptors (Lipinski definition) is 5. The van der Waals surface area contributed by atoms with Crippen LogP contribution in [-0.4, -0.2) is 17.0 Å². The van der Waals surface area contributed by atoms with Crippen molar-refractivity contribution in [2.75, 3.05) is 12.4 Å². The molecule has 1 aromatic carbocycles. The molecule has 1 heterocycles. The van der Waals surface area contributed by atoms with Crippen molar-refractivity contribution in [2.24, 2.45) is 0 Å². The van der Waals surface area contributed by atoms with Crippen LogP contribution in [0.5, 0.6) is 11.6 Å². The lowest BCUT2D eigenvalue weighted by molar-refractivity contribution is 0.424. The summed E-state index contributed by atoms with van der Waals surface area (Å²) in [5, 5.41) is 11.4. The molecule has 0 aliphatic rings. The van der Waals surface area contributed by atoms with Gasteiger partial charge in [0.05, 0.1) is 11.6 Å². The van der Waals surface area contributed by atoms with Crippen molar-refractivity contribution < 1.29 is 9.13 Å². The van der Waals surface area contributed by atoms with E-state index in [0.717, 1.165) is 6.07 Å². The van der Waals surface area contributed by atoms with E-state index in [1.165, 1.54) is 12.1 Å². The molecule has 0 fully saturated rings. The summed E-state index contributed by atoms with van der Waals surface area (Å²) in [6.07, 6.45) is 1.58. The lowest BCUT2D eigenvalue weighted by atomic mass is 10.2. The Bertz CT molecular complexity index is 652. The molecule has 1 N–H and O–H groups in total. The normalized spacial score (nSPS) is 9.79. The van der Waals surface area contributed by atoms with Crippen LogP contribution in [-0.2, 0) is 0 Å². The number of benzene rings is 1. The minimum atomic E-state index is -0.608. The molecule has 1 aromatic heterocycles. The highest BCUT2D eigenvalue weighted by molar-refractivity contribution is 5.39. The first-order valence-corrected chi connectivity index (χ1v) is 5.53. The molecule has 0 saturated heterocycles. The first-order chi connectivity index (χ1) is 9.13. The van der Waals surface area contributed by atoms with Crippen molar-refractivity contribution in [3.05, 3.63) is 41.3 Å². The van der Waals surface area contributed by atoms with Crippen LogP contribution in [0.1, 0.15) is 11.1 Å². The first kappa shape index (κ1) is 12.8. The fourth-order valence-electron chi connectivity index (χ4n) is 1.41. The molecule has 0 unspecified atom stereocenters. The maximum atomic E-state index is 13.7. The minimum absolute atomic E-state index is 0.0165. The molecular weight excluding hydrogens is 247 g/mol. The fourth-order valence-corrected chi connectivity index (χ4v) is 1.41. The SMILES string of the molecule is CNc1ncc(C)c(Oc2ccc(C#N)cc2F)n1. The molecule has 0 amide bonds. The molecular formula is C13H11FN4O. The summed E-state index contributed by atoms with van der Waals surface area (Å²) < 4.78 is 19.1. The number of nitrogens with zero attached hydrogens (tertiary/aromatic N) is 3. The fraction of sp³-hybridized carbons (Fsp3) is 0.154. The Morgan fingerprint density at radius 3 is 2.84 bits per heavy atom. The Labute approximate surface area is 109 Å². The summed E-state index contributed by atoms with van der Waals surface area (Å²) in [6.45, 7) is 1.76. The molecule has 0 aliphatic heterocycles. The maximum absolute atomic E-state index is 13.7. The lowest BCUT2D eigenvalue weighted by Crippen LogP contribution is -2.00. The number of ether oxygens (including phenoxy) is 1. The third kappa shape index (κ3) is 2.77. The topological polar surface area (TPSA) is 70.8 Å². The summed E-state index contributed by atoms with van der Waals surface area (Å²) in [7, 11) is 1.68. The van der Waals surface area contributed by atoms with Crippen molar-refractivity contribution in [1.82, 2.24) is 9.97 Å². The van der Waals surface area contributed by atoms with Crippen LogP contribution in [0.15, 0.2) is 24.4 Å². The van der Waals surface area contributed by atoms with E-state index in [1.807, 2.05) is 6.07 Å². The van der Waals surface area contributed by atoms with E-state index in [0.29, 0.717) is 11.5 Å². The van der Waals surface area contributed by atoms with Gasteiger partial charge in [-0.2, -0.15) is 10.2 Å². The van der Waals surface area contributed by atoms with E-state index >= 15 is 0 Å². The standard InChI is InChI=1S/C13H11FN4O/c1-8-7-17-13(16-2)18-12(8)19-11-4-3-9(6-15)5-10(11)14/h3-5,7H,1-2H3,(H,16,17,18).